The third kappa shape index (κ3) is 18.7. The molecule has 0 saturated carbocycles. The summed E-state index contributed by atoms with van der Waals surface area (Å²) < 4.78 is 51.9. The minimum atomic E-state index is -4.03. The van der Waals surface area contributed by atoms with E-state index in [1.807, 2.05) is 12.2 Å². The molecule has 0 aliphatic carbocycles. The van der Waals surface area contributed by atoms with E-state index in [9.17, 15) is 13.2 Å². The minimum absolute atomic E-state index is 0.197. The van der Waals surface area contributed by atoms with Crippen LogP contribution in [-0.4, -0.2) is 62.3 Å². The highest BCUT2D eigenvalue weighted by Crippen LogP contribution is 2.22. The van der Waals surface area contributed by atoms with Gasteiger partial charge in [-0.1, -0.05) is 5.70 Å². The molecule has 0 saturated heterocycles. The molecule has 2 atom stereocenters. The Bertz CT molecular complexity index is 280. The first-order valence-electron chi connectivity index (χ1n) is 6.86. The summed E-state index contributed by atoms with van der Waals surface area (Å²) in [5, 5.41) is 0. The predicted octanol–water partition coefficient (Wildman–Crippen LogP) is -0.246. The van der Waals surface area contributed by atoms with E-state index in [2.05, 4.69) is 26.2 Å². The highest BCUT2D eigenvalue weighted by atomic mass is 29.2. The van der Waals surface area contributed by atoms with Gasteiger partial charge in [-0.2, -0.15) is 13.2 Å². The number of alkyl halides is 3. The number of rotatable bonds is 8. The van der Waals surface area contributed by atoms with Crippen LogP contribution in [0.4, 0.5) is 13.2 Å². The normalized spacial score (nSPS) is 15.8. The van der Waals surface area contributed by atoms with Gasteiger partial charge >= 0.3 is 6.18 Å². The van der Waals surface area contributed by atoms with Gasteiger partial charge in [-0.3, -0.25) is 0 Å². The van der Waals surface area contributed by atoms with Crippen molar-refractivity contribution < 1.29 is 25.5 Å². The molecule has 0 rings (SSSR count). The standard InChI is InChI=1S/C6H19F3O2Si4.C3H10OSi2/c1-14(5-4-6(7,8)9)11-13-15(2,3)10-12;1-3-6(2)4-5/h14H,4-5,13H2,1-3,12H3;3,6H,1H2,2,5H3. The summed E-state index contributed by atoms with van der Waals surface area (Å²) in [6.45, 7) is 11.7. The Morgan fingerprint density at radius 3 is 2.10 bits per heavy atom. The lowest BCUT2D eigenvalue weighted by Crippen LogP contribution is -2.41. The molecule has 0 fully saturated rings. The van der Waals surface area contributed by atoms with Crippen LogP contribution in [0.15, 0.2) is 12.3 Å². The van der Waals surface area contributed by atoms with E-state index < -0.39 is 47.8 Å². The predicted molar refractivity (Wildman–Crippen MR) is 101 cm³/mol. The molecule has 0 N–H and O–H groups in total. The second kappa shape index (κ2) is 12.2. The summed E-state index contributed by atoms with van der Waals surface area (Å²) >= 11 is 0. The lowest BCUT2D eigenvalue weighted by atomic mass is 10.5. The molecule has 12 heteroatoms. The SMILES string of the molecule is C=C[SiH](C)O[SiH3].C[SiH](CCC(F)(F)F)O[SiH2][Si](C)(C)O[SiH3]. The monoisotopic (exact) mass is 410 g/mol. The Morgan fingerprint density at radius 2 is 1.81 bits per heavy atom. The molecule has 2 unspecified atom stereocenters. The van der Waals surface area contributed by atoms with Crippen molar-refractivity contribution in [2.75, 3.05) is 0 Å². The summed E-state index contributed by atoms with van der Waals surface area (Å²) in [6, 6.07) is 0.197. The summed E-state index contributed by atoms with van der Waals surface area (Å²) in [5.74, 6) is 0. The average Bonchev–Trinajstić information content (AvgIpc) is 2.42. The van der Waals surface area contributed by atoms with Crippen LogP contribution >= 0.6 is 0 Å². The molecule has 21 heavy (non-hydrogen) atoms. The van der Waals surface area contributed by atoms with Crippen LogP contribution in [0.25, 0.3) is 0 Å². The molecule has 0 bridgehead atoms. The fourth-order valence-electron chi connectivity index (χ4n) is 0.948. The van der Waals surface area contributed by atoms with E-state index in [0.29, 0.717) is 10.5 Å². The van der Waals surface area contributed by atoms with Gasteiger partial charge < -0.3 is 12.3 Å². The van der Waals surface area contributed by atoms with Crippen molar-refractivity contribution >= 4 is 56.2 Å². The molecular weight excluding hydrogens is 382 g/mol. The van der Waals surface area contributed by atoms with Crippen molar-refractivity contribution in [1.82, 2.24) is 0 Å². The van der Waals surface area contributed by atoms with Crippen LogP contribution in [0, 0.1) is 0 Å². The van der Waals surface area contributed by atoms with Gasteiger partial charge in [-0.05, 0) is 32.2 Å². The number of hydrogen-bond donors (Lipinski definition) is 0. The maximum atomic E-state index is 11.9. The lowest BCUT2D eigenvalue weighted by Gasteiger charge is -2.22. The van der Waals surface area contributed by atoms with E-state index >= 15 is 0 Å². The summed E-state index contributed by atoms with van der Waals surface area (Å²) in [6.07, 6.45) is -4.73. The van der Waals surface area contributed by atoms with Crippen LogP contribution in [0.3, 0.4) is 0 Å². The summed E-state index contributed by atoms with van der Waals surface area (Å²) in [4.78, 5) is 0. The third-order valence-corrected chi connectivity index (χ3v) is 21.8. The van der Waals surface area contributed by atoms with Crippen molar-refractivity contribution in [3.8, 4) is 0 Å². The number of hydrogen-bond acceptors (Lipinski definition) is 3. The molecule has 0 aromatic rings. The van der Waals surface area contributed by atoms with Gasteiger partial charge in [0.05, 0.1) is 0 Å². The summed E-state index contributed by atoms with van der Waals surface area (Å²) in [7, 11) is -3.17. The maximum Gasteiger partial charge on any atom is 0.388 e. The zero-order valence-electron chi connectivity index (χ0n) is 13.9. The molecule has 0 aromatic carbocycles. The van der Waals surface area contributed by atoms with Gasteiger partial charge in [0.1, 0.15) is 21.0 Å². The van der Waals surface area contributed by atoms with Crippen LogP contribution < -0.4 is 0 Å². The number of halogens is 3. The molecule has 0 heterocycles. The molecule has 0 spiro atoms. The van der Waals surface area contributed by atoms with Gasteiger partial charge in [0, 0.05) is 6.42 Å². The lowest BCUT2D eigenvalue weighted by molar-refractivity contribution is -0.130. The van der Waals surface area contributed by atoms with Crippen molar-refractivity contribution in [2.45, 2.75) is 44.8 Å². The van der Waals surface area contributed by atoms with E-state index in [0.717, 1.165) is 10.5 Å². The fraction of sp³-hybridized carbons (Fsp3) is 0.778. The Morgan fingerprint density at radius 1 is 1.29 bits per heavy atom. The van der Waals surface area contributed by atoms with Gasteiger partial charge in [-0.15, -0.1) is 6.58 Å². The Labute approximate surface area is 139 Å². The second-order valence-corrected chi connectivity index (χ2v) is 24.1. The van der Waals surface area contributed by atoms with E-state index in [1.54, 1.807) is 0 Å². The first-order valence-corrected chi connectivity index (χ1v) is 19.0. The van der Waals surface area contributed by atoms with Crippen molar-refractivity contribution in [3.63, 3.8) is 0 Å². The highest BCUT2D eigenvalue weighted by molar-refractivity contribution is 7.19. The topological polar surface area (TPSA) is 27.7 Å². The van der Waals surface area contributed by atoms with E-state index in [-0.39, 0.29) is 6.04 Å². The van der Waals surface area contributed by atoms with E-state index in [4.69, 9.17) is 12.3 Å². The maximum absolute atomic E-state index is 11.9. The largest absolute Gasteiger partial charge is 0.464 e. The Hall–Kier alpha value is 0.711. The zero-order valence-corrected chi connectivity index (χ0v) is 22.6. The summed E-state index contributed by atoms with van der Waals surface area (Å²) in [5.41, 5.74) is 1.92. The van der Waals surface area contributed by atoms with Gasteiger partial charge in [0.15, 0.2) is 35.2 Å². The van der Waals surface area contributed by atoms with Crippen molar-refractivity contribution in [2.24, 2.45) is 0 Å². The Balaban J connectivity index is 0. The van der Waals surface area contributed by atoms with Crippen LogP contribution in [0.5, 0.6) is 0 Å². The third-order valence-electron chi connectivity index (χ3n) is 2.81. The van der Waals surface area contributed by atoms with Crippen LogP contribution in [-0.2, 0) is 12.3 Å². The molecule has 0 amide bonds. The smallest absolute Gasteiger partial charge is 0.388 e. The highest BCUT2D eigenvalue weighted by Gasteiger charge is 2.29. The second-order valence-electron chi connectivity index (χ2n) is 5.42. The molecule has 0 aliphatic heterocycles. The average molecular weight is 411 g/mol. The Kier molecular flexibility index (Phi) is 13.9. The molecule has 0 radical (unpaired) electrons. The molecule has 0 aromatic heterocycles. The molecule has 128 valence electrons. The first kappa shape index (κ1) is 24.0. The van der Waals surface area contributed by atoms with Crippen LogP contribution in [0.2, 0.25) is 32.2 Å². The van der Waals surface area contributed by atoms with Crippen LogP contribution in [0.1, 0.15) is 6.42 Å². The van der Waals surface area contributed by atoms with Crippen molar-refractivity contribution in [3.05, 3.63) is 12.3 Å². The molecular formula is C9H29F3O3Si6. The first-order chi connectivity index (χ1) is 9.47. The quantitative estimate of drug-likeness (QED) is 0.517. The van der Waals surface area contributed by atoms with Gasteiger partial charge in [-0.25, -0.2) is 0 Å². The minimum Gasteiger partial charge on any atom is -0.464 e. The zero-order chi connectivity index (χ0) is 17.1. The van der Waals surface area contributed by atoms with Gasteiger partial charge in [0.2, 0.25) is 0 Å². The fourth-order valence-corrected chi connectivity index (χ4v) is 13.6. The molecule has 3 nitrogen and oxygen atoms in total. The van der Waals surface area contributed by atoms with Crippen molar-refractivity contribution in [1.29, 1.82) is 0 Å². The molecule has 0 aliphatic rings. The van der Waals surface area contributed by atoms with Gasteiger partial charge in [0.25, 0.3) is 0 Å². The van der Waals surface area contributed by atoms with E-state index in [1.165, 1.54) is 0 Å².